The molecule has 0 saturated carbocycles. The van der Waals surface area contributed by atoms with Crippen LogP contribution in [0.3, 0.4) is 0 Å². The van der Waals surface area contributed by atoms with Gasteiger partial charge in [-0.2, -0.15) is 0 Å². The van der Waals surface area contributed by atoms with Crippen molar-refractivity contribution in [3.8, 4) is 0 Å². The van der Waals surface area contributed by atoms with E-state index in [4.69, 9.17) is 39.5 Å². The zero-order valence-corrected chi connectivity index (χ0v) is 22.8. The van der Waals surface area contributed by atoms with Crippen molar-refractivity contribution in [3.63, 3.8) is 0 Å². The lowest BCUT2D eigenvalue weighted by Gasteiger charge is -2.36. The van der Waals surface area contributed by atoms with Crippen molar-refractivity contribution >= 4 is 40.7 Å². The molecule has 0 unspecified atom stereocenters. The zero-order valence-electron chi connectivity index (χ0n) is 20.5. The maximum Gasteiger partial charge on any atom is 0.272 e. The second-order valence-electron chi connectivity index (χ2n) is 9.05. The van der Waals surface area contributed by atoms with Crippen LogP contribution in [0.1, 0.15) is 43.4 Å². The van der Waals surface area contributed by atoms with Gasteiger partial charge in [-0.25, -0.2) is 0 Å². The number of allylic oxidation sites excluding steroid dienone is 1. The molecule has 1 N–H and O–H groups in total. The summed E-state index contributed by atoms with van der Waals surface area (Å²) in [6, 6.07) is 30.1. The van der Waals surface area contributed by atoms with Crippen LogP contribution in [-0.2, 0) is 15.1 Å². The average Bonchev–Trinajstić information content (AvgIpc) is 2.87. The molecule has 3 nitrogen and oxygen atoms in total. The average molecular weight is 545 g/mol. The molecule has 190 valence electrons. The third-order valence-corrected chi connectivity index (χ3v) is 6.35. The Bertz CT molecular complexity index is 1000. The van der Waals surface area contributed by atoms with Gasteiger partial charge in [-0.3, -0.25) is 4.79 Å². The highest BCUT2D eigenvalue weighted by Crippen LogP contribution is 2.40. The first-order valence-corrected chi connectivity index (χ1v) is 13.2. The van der Waals surface area contributed by atoms with Gasteiger partial charge in [0.1, 0.15) is 5.60 Å². The topological polar surface area (TPSA) is 38.3 Å². The highest BCUT2D eigenvalue weighted by atomic mass is 35.6. The van der Waals surface area contributed by atoms with Crippen LogP contribution < -0.4 is 5.32 Å². The second-order valence-corrected chi connectivity index (χ2v) is 11.3. The Morgan fingerprint density at radius 1 is 0.833 bits per heavy atom. The number of benzene rings is 3. The molecular weight excluding hydrogens is 513 g/mol. The van der Waals surface area contributed by atoms with Crippen molar-refractivity contribution in [2.75, 3.05) is 6.61 Å². The molecule has 3 aromatic carbocycles. The van der Waals surface area contributed by atoms with E-state index in [1.807, 2.05) is 66.7 Å². The van der Waals surface area contributed by atoms with Gasteiger partial charge in [0.25, 0.3) is 9.70 Å². The minimum atomic E-state index is -2.03. The Morgan fingerprint density at radius 2 is 1.28 bits per heavy atom. The standard InChI is InChI=1S/C30H32Cl3NO2/c1-23(2)13-12-20-27(34-28(35)30(31,32)33)21-22-36-29(24-14-6-3-7-15-24,25-16-8-4-9-17-25)26-18-10-5-11-19-26/h3-12,14-20,23,27H,13,21-22H2,1-2H3,(H,34,35)/b20-12+/t27-/m1/s1. The highest BCUT2D eigenvalue weighted by molar-refractivity contribution is 6.76. The normalized spacial score (nSPS) is 13.2. The van der Waals surface area contributed by atoms with E-state index in [9.17, 15) is 4.79 Å². The molecule has 6 heteroatoms. The van der Waals surface area contributed by atoms with Gasteiger partial charge in [-0.1, -0.05) is 152 Å². The summed E-state index contributed by atoms with van der Waals surface area (Å²) in [5.74, 6) is -0.170. The molecule has 0 aliphatic carbocycles. The largest absolute Gasteiger partial charge is 0.361 e. The molecular formula is C30H32Cl3NO2. The Morgan fingerprint density at radius 3 is 1.67 bits per heavy atom. The summed E-state index contributed by atoms with van der Waals surface area (Å²) in [6.45, 7) is 4.61. The van der Waals surface area contributed by atoms with Gasteiger partial charge in [0.05, 0.1) is 6.61 Å². The molecule has 3 rings (SSSR count). The van der Waals surface area contributed by atoms with E-state index >= 15 is 0 Å². The maximum absolute atomic E-state index is 12.4. The first-order valence-electron chi connectivity index (χ1n) is 12.1. The first kappa shape index (κ1) is 28.3. The fraction of sp³-hybridized carbons (Fsp3) is 0.300. The number of halogens is 3. The highest BCUT2D eigenvalue weighted by Gasteiger charge is 2.38. The van der Waals surface area contributed by atoms with Gasteiger partial charge in [0.2, 0.25) is 0 Å². The molecule has 36 heavy (non-hydrogen) atoms. The molecule has 0 aliphatic heterocycles. The monoisotopic (exact) mass is 543 g/mol. The molecule has 0 fully saturated rings. The van der Waals surface area contributed by atoms with Crippen molar-refractivity contribution in [2.45, 2.75) is 42.1 Å². The van der Waals surface area contributed by atoms with Crippen molar-refractivity contribution in [1.82, 2.24) is 5.32 Å². The van der Waals surface area contributed by atoms with Crippen molar-refractivity contribution < 1.29 is 9.53 Å². The van der Waals surface area contributed by atoms with Crippen LogP contribution in [0.15, 0.2) is 103 Å². The number of carbonyl (C=O) groups excluding carboxylic acids is 1. The molecule has 0 spiro atoms. The SMILES string of the molecule is CC(C)C/C=C/[C@H](CCOC(c1ccccc1)(c1ccccc1)c1ccccc1)NC(=O)C(Cl)(Cl)Cl. The van der Waals surface area contributed by atoms with E-state index in [-0.39, 0.29) is 6.04 Å². The van der Waals surface area contributed by atoms with Crippen LogP contribution in [0.2, 0.25) is 0 Å². The van der Waals surface area contributed by atoms with E-state index in [0.717, 1.165) is 23.1 Å². The van der Waals surface area contributed by atoms with Crippen LogP contribution in [0.25, 0.3) is 0 Å². The minimum Gasteiger partial charge on any atom is -0.361 e. The number of carbonyl (C=O) groups is 1. The molecule has 0 aliphatic rings. The summed E-state index contributed by atoms with van der Waals surface area (Å²) in [7, 11) is 0. The smallest absolute Gasteiger partial charge is 0.272 e. The van der Waals surface area contributed by atoms with E-state index < -0.39 is 15.3 Å². The lowest BCUT2D eigenvalue weighted by Crippen LogP contribution is -2.42. The summed E-state index contributed by atoms with van der Waals surface area (Å²) >= 11 is 17.5. The summed E-state index contributed by atoms with van der Waals surface area (Å²) in [5, 5.41) is 2.83. The first-order chi connectivity index (χ1) is 17.2. The van der Waals surface area contributed by atoms with Crippen molar-refractivity contribution in [1.29, 1.82) is 0 Å². The van der Waals surface area contributed by atoms with Gasteiger partial charge in [-0.05, 0) is 35.4 Å². The summed E-state index contributed by atoms with van der Waals surface area (Å²) < 4.78 is 4.79. The summed E-state index contributed by atoms with van der Waals surface area (Å²) in [4.78, 5) is 12.4. The number of hydrogen-bond acceptors (Lipinski definition) is 2. The number of rotatable bonds is 11. The molecule has 0 heterocycles. The van der Waals surface area contributed by atoms with E-state index in [1.54, 1.807) is 0 Å². The molecule has 1 amide bonds. The fourth-order valence-electron chi connectivity index (χ4n) is 4.09. The van der Waals surface area contributed by atoms with Gasteiger partial charge in [-0.15, -0.1) is 0 Å². The van der Waals surface area contributed by atoms with Crippen LogP contribution in [0, 0.1) is 5.92 Å². The number of ether oxygens (including phenoxy) is 1. The van der Waals surface area contributed by atoms with Gasteiger partial charge >= 0.3 is 0 Å². The maximum atomic E-state index is 12.4. The number of hydrogen-bond donors (Lipinski definition) is 1. The Kier molecular flexibility index (Phi) is 10.4. The Labute approximate surface area is 229 Å². The molecule has 1 atom stereocenters. The predicted molar refractivity (Wildman–Crippen MR) is 151 cm³/mol. The quantitative estimate of drug-likeness (QED) is 0.152. The Balaban J connectivity index is 1.94. The molecule has 0 bridgehead atoms. The second kappa shape index (κ2) is 13.3. The molecule has 0 saturated heterocycles. The van der Waals surface area contributed by atoms with E-state index in [0.29, 0.717) is 18.9 Å². The predicted octanol–water partition coefficient (Wildman–Crippen LogP) is 7.84. The van der Waals surface area contributed by atoms with E-state index in [2.05, 4.69) is 55.6 Å². The van der Waals surface area contributed by atoms with Gasteiger partial charge < -0.3 is 10.1 Å². The van der Waals surface area contributed by atoms with Crippen LogP contribution >= 0.6 is 34.8 Å². The molecule has 3 aromatic rings. The third-order valence-electron chi connectivity index (χ3n) is 5.84. The van der Waals surface area contributed by atoms with Crippen LogP contribution in [-0.4, -0.2) is 22.3 Å². The van der Waals surface area contributed by atoms with Crippen LogP contribution in [0.5, 0.6) is 0 Å². The van der Waals surface area contributed by atoms with E-state index in [1.165, 1.54) is 0 Å². The number of nitrogens with one attached hydrogen (secondary N) is 1. The lowest BCUT2D eigenvalue weighted by atomic mass is 9.80. The number of amides is 1. The van der Waals surface area contributed by atoms with Gasteiger partial charge in [0.15, 0.2) is 0 Å². The summed E-state index contributed by atoms with van der Waals surface area (Å²) in [5.41, 5.74) is 2.20. The van der Waals surface area contributed by atoms with Crippen molar-refractivity contribution in [3.05, 3.63) is 120 Å². The summed E-state index contributed by atoms with van der Waals surface area (Å²) in [6.07, 6.45) is 5.37. The van der Waals surface area contributed by atoms with Crippen molar-refractivity contribution in [2.24, 2.45) is 5.92 Å². The number of alkyl halides is 3. The molecule has 0 aromatic heterocycles. The fourth-order valence-corrected chi connectivity index (χ4v) is 4.25. The van der Waals surface area contributed by atoms with Gasteiger partial charge in [0, 0.05) is 6.04 Å². The van der Waals surface area contributed by atoms with Crippen LogP contribution in [0.4, 0.5) is 0 Å². The lowest BCUT2D eigenvalue weighted by molar-refractivity contribution is -0.120. The third kappa shape index (κ3) is 7.60. The minimum absolute atomic E-state index is 0.343. The Hall–Kier alpha value is -2.30. The zero-order chi connectivity index (χ0) is 26.0. The molecule has 0 radical (unpaired) electrons.